The van der Waals surface area contributed by atoms with E-state index in [2.05, 4.69) is 5.32 Å². The van der Waals surface area contributed by atoms with E-state index >= 15 is 0 Å². The standard InChI is InChI=1S/C24H26N2O5/c1-3-6-21(27)25-19-12-10-17(11-13-19)23(29)16(2)31-24(30)18-7-4-8-20(15-18)26-14-5-9-22(26)28/h4,7-8,10-13,15-16H,3,5-6,9,14H2,1-2H3,(H,25,27)/t16-/m0/s1. The van der Waals surface area contributed by atoms with Crippen LogP contribution < -0.4 is 10.2 Å². The van der Waals surface area contributed by atoms with E-state index in [4.69, 9.17) is 4.74 Å². The summed E-state index contributed by atoms with van der Waals surface area (Å²) in [5.41, 5.74) is 1.92. The Bertz CT molecular complexity index is 984. The van der Waals surface area contributed by atoms with Crippen molar-refractivity contribution in [3.63, 3.8) is 0 Å². The number of hydrogen-bond acceptors (Lipinski definition) is 5. The molecule has 0 aliphatic carbocycles. The first-order valence-corrected chi connectivity index (χ1v) is 10.4. The molecule has 0 spiro atoms. The van der Waals surface area contributed by atoms with Crippen molar-refractivity contribution in [2.75, 3.05) is 16.8 Å². The van der Waals surface area contributed by atoms with Gasteiger partial charge in [-0.25, -0.2) is 4.79 Å². The van der Waals surface area contributed by atoms with Crippen molar-refractivity contribution >= 4 is 34.9 Å². The zero-order chi connectivity index (χ0) is 22.4. The second-order valence-corrected chi connectivity index (χ2v) is 7.49. The molecule has 1 aliphatic rings. The van der Waals surface area contributed by atoms with E-state index in [1.54, 1.807) is 53.4 Å². The molecule has 1 saturated heterocycles. The van der Waals surface area contributed by atoms with Gasteiger partial charge in [-0.15, -0.1) is 0 Å². The zero-order valence-electron chi connectivity index (χ0n) is 17.7. The number of nitrogens with zero attached hydrogens (tertiary/aromatic N) is 1. The third-order valence-electron chi connectivity index (χ3n) is 5.05. The summed E-state index contributed by atoms with van der Waals surface area (Å²) in [5, 5.41) is 2.76. The van der Waals surface area contributed by atoms with Gasteiger partial charge in [0, 0.05) is 36.3 Å². The number of ether oxygens (including phenoxy) is 1. The molecule has 7 nitrogen and oxygen atoms in total. The van der Waals surface area contributed by atoms with Crippen molar-refractivity contribution in [3.05, 3.63) is 59.7 Å². The summed E-state index contributed by atoms with van der Waals surface area (Å²) in [6.45, 7) is 4.07. The Morgan fingerprint density at radius 2 is 1.84 bits per heavy atom. The Morgan fingerprint density at radius 1 is 1.10 bits per heavy atom. The second kappa shape index (κ2) is 10.0. The van der Waals surface area contributed by atoms with Gasteiger partial charge < -0.3 is 15.0 Å². The number of Topliss-reactive ketones (excluding diaryl/α,β-unsaturated/α-hetero) is 1. The summed E-state index contributed by atoms with van der Waals surface area (Å²) in [6, 6.07) is 13.1. The minimum absolute atomic E-state index is 0.0309. The molecule has 2 amide bonds. The predicted molar refractivity (Wildman–Crippen MR) is 117 cm³/mol. The van der Waals surface area contributed by atoms with Crippen LogP contribution in [-0.2, 0) is 14.3 Å². The molecule has 2 aromatic carbocycles. The predicted octanol–water partition coefficient (Wildman–Crippen LogP) is 3.98. The molecule has 7 heteroatoms. The number of amides is 2. The quantitative estimate of drug-likeness (QED) is 0.513. The maximum Gasteiger partial charge on any atom is 0.338 e. The molecule has 1 aliphatic heterocycles. The lowest BCUT2D eigenvalue weighted by atomic mass is 10.1. The normalized spacial score (nSPS) is 14.3. The van der Waals surface area contributed by atoms with E-state index in [9.17, 15) is 19.2 Å². The van der Waals surface area contributed by atoms with E-state index in [1.807, 2.05) is 6.92 Å². The molecule has 3 rings (SSSR count). The number of hydrogen-bond donors (Lipinski definition) is 1. The lowest BCUT2D eigenvalue weighted by molar-refractivity contribution is -0.117. The minimum Gasteiger partial charge on any atom is -0.451 e. The number of rotatable bonds is 8. The van der Waals surface area contributed by atoms with Crippen LogP contribution >= 0.6 is 0 Å². The van der Waals surface area contributed by atoms with E-state index in [-0.39, 0.29) is 23.2 Å². The average molecular weight is 422 g/mol. The maximum atomic E-state index is 12.6. The van der Waals surface area contributed by atoms with Crippen LogP contribution in [0.25, 0.3) is 0 Å². The number of esters is 1. The number of carbonyl (C=O) groups is 4. The molecule has 0 saturated carbocycles. The molecule has 1 N–H and O–H groups in total. The first kappa shape index (κ1) is 22.2. The van der Waals surface area contributed by atoms with Crippen LogP contribution in [0.1, 0.15) is 60.2 Å². The topological polar surface area (TPSA) is 92.8 Å². The third kappa shape index (κ3) is 5.57. The maximum absolute atomic E-state index is 12.6. The van der Waals surface area contributed by atoms with Crippen LogP contribution in [0.15, 0.2) is 48.5 Å². The van der Waals surface area contributed by atoms with E-state index in [1.165, 1.54) is 6.92 Å². The van der Waals surface area contributed by atoms with Gasteiger partial charge in [0.05, 0.1) is 5.56 Å². The highest BCUT2D eigenvalue weighted by atomic mass is 16.5. The van der Waals surface area contributed by atoms with Gasteiger partial charge in [-0.2, -0.15) is 0 Å². The van der Waals surface area contributed by atoms with Gasteiger partial charge in [-0.3, -0.25) is 14.4 Å². The summed E-state index contributed by atoms with van der Waals surface area (Å²) >= 11 is 0. The lowest BCUT2D eigenvalue weighted by Gasteiger charge is -2.17. The summed E-state index contributed by atoms with van der Waals surface area (Å²) < 4.78 is 5.36. The fourth-order valence-electron chi connectivity index (χ4n) is 3.41. The Kier molecular flexibility index (Phi) is 7.18. The molecular weight excluding hydrogens is 396 g/mol. The van der Waals surface area contributed by atoms with Crippen molar-refractivity contribution in [1.82, 2.24) is 0 Å². The highest BCUT2D eigenvalue weighted by molar-refractivity contribution is 6.02. The monoisotopic (exact) mass is 422 g/mol. The largest absolute Gasteiger partial charge is 0.451 e. The smallest absolute Gasteiger partial charge is 0.338 e. The Balaban J connectivity index is 1.62. The summed E-state index contributed by atoms with van der Waals surface area (Å²) in [4.78, 5) is 50.4. The number of nitrogens with one attached hydrogen (secondary N) is 1. The first-order valence-electron chi connectivity index (χ1n) is 10.4. The number of carbonyl (C=O) groups excluding carboxylic acids is 4. The SMILES string of the molecule is CCCC(=O)Nc1ccc(C(=O)[C@H](C)OC(=O)c2cccc(N3CCCC3=O)c2)cc1. The molecule has 1 fully saturated rings. The molecular formula is C24H26N2O5. The van der Waals surface area contributed by atoms with E-state index < -0.39 is 12.1 Å². The van der Waals surface area contributed by atoms with Gasteiger partial charge >= 0.3 is 5.97 Å². The van der Waals surface area contributed by atoms with Crippen LogP contribution in [0.4, 0.5) is 11.4 Å². The first-order chi connectivity index (χ1) is 14.9. The molecule has 0 bridgehead atoms. The Hall–Kier alpha value is -3.48. The highest BCUT2D eigenvalue weighted by Crippen LogP contribution is 2.23. The number of anilines is 2. The van der Waals surface area contributed by atoms with Crippen molar-refractivity contribution in [2.24, 2.45) is 0 Å². The van der Waals surface area contributed by atoms with Gasteiger partial charge in [0.25, 0.3) is 0 Å². The van der Waals surface area contributed by atoms with Crippen molar-refractivity contribution in [3.8, 4) is 0 Å². The number of benzene rings is 2. The van der Waals surface area contributed by atoms with Crippen molar-refractivity contribution in [2.45, 2.75) is 45.6 Å². The molecule has 0 aromatic heterocycles. The van der Waals surface area contributed by atoms with Gasteiger partial charge in [0.15, 0.2) is 6.10 Å². The van der Waals surface area contributed by atoms with Gasteiger partial charge in [-0.1, -0.05) is 13.0 Å². The minimum atomic E-state index is -0.981. The zero-order valence-corrected chi connectivity index (χ0v) is 17.7. The van der Waals surface area contributed by atoms with Gasteiger partial charge in [0.1, 0.15) is 0 Å². The van der Waals surface area contributed by atoms with Crippen molar-refractivity contribution in [1.29, 1.82) is 0 Å². The van der Waals surface area contributed by atoms with Crippen LogP contribution in [0.2, 0.25) is 0 Å². The molecule has 1 atom stereocenters. The summed E-state index contributed by atoms with van der Waals surface area (Å²) in [5.74, 6) is -1.02. The third-order valence-corrected chi connectivity index (χ3v) is 5.05. The van der Waals surface area contributed by atoms with Gasteiger partial charge in [-0.05, 0) is 62.2 Å². The fourth-order valence-corrected chi connectivity index (χ4v) is 3.41. The molecule has 2 aromatic rings. The van der Waals surface area contributed by atoms with Crippen LogP contribution in [0, 0.1) is 0 Å². The molecule has 1 heterocycles. The lowest BCUT2D eigenvalue weighted by Crippen LogP contribution is -2.26. The van der Waals surface area contributed by atoms with Gasteiger partial charge in [0.2, 0.25) is 17.6 Å². The van der Waals surface area contributed by atoms with E-state index in [0.29, 0.717) is 36.3 Å². The molecule has 0 radical (unpaired) electrons. The summed E-state index contributed by atoms with van der Waals surface area (Å²) in [6.07, 6.45) is 1.50. The Labute approximate surface area is 181 Å². The van der Waals surface area contributed by atoms with Crippen LogP contribution in [0.3, 0.4) is 0 Å². The molecule has 0 unspecified atom stereocenters. The molecule has 162 valence electrons. The summed E-state index contributed by atoms with van der Waals surface area (Å²) in [7, 11) is 0. The Morgan fingerprint density at radius 3 is 2.48 bits per heavy atom. The second-order valence-electron chi connectivity index (χ2n) is 7.49. The van der Waals surface area contributed by atoms with Crippen molar-refractivity contribution < 1.29 is 23.9 Å². The number of ketones is 1. The van der Waals surface area contributed by atoms with Crippen LogP contribution in [0.5, 0.6) is 0 Å². The average Bonchev–Trinajstić information content (AvgIpc) is 3.20. The fraction of sp³-hybridized carbons (Fsp3) is 0.333. The highest BCUT2D eigenvalue weighted by Gasteiger charge is 2.24. The van der Waals surface area contributed by atoms with Crippen LogP contribution in [-0.4, -0.2) is 36.2 Å². The van der Waals surface area contributed by atoms with E-state index in [0.717, 1.165) is 12.8 Å². The molecule has 31 heavy (non-hydrogen) atoms.